The van der Waals surface area contributed by atoms with Gasteiger partial charge in [-0.2, -0.15) is 9.57 Å². The minimum absolute atomic E-state index is 0.0407. The Bertz CT molecular complexity index is 1730. The molecule has 11 nitrogen and oxygen atoms in total. The van der Waals surface area contributed by atoms with Crippen LogP contribution in [0.15, 0.2) is 59.6 Å². The number of rotatable bonds is 8. The molecule has 0 bridgehead atoms. The first-order valence-corrected chi connectivity index (χ1v) is 15.3. The van der Waals surface area contributed by atoms with Gasteiger partial charge in [0.1, 0.15) is 11.7 Å². The molecule has 0 spiro atoms. The summed E-state index contributed by atoms with van der Waals surface area (Å²) in [6.45, 7) is 3.49. The maximum Gasteiger partial charge on any atom is 0.259 e. The fourth-order valence-electron chi connectivity index (χ4n) is 4.68. The quantitative estimate of drug-likeness (QED) is 0.377. The van der Waals surface area contributed by atoms with Crippen LogP contribution in [0.3, 0.4) is 0 Å². The van der Waals surface area contributed by atoms with Gasteiger partial charge in [-0.15, -0.1) is 0 Å². The fourth-order valence-corrected chi connectivity index (χ4v) is 5.86. The van der Waals surface area contributed by atoms with Gasteiger partial charge < -0.3 is 24.2 Å². The van der Waals surface area contributed by atoms with Crippen LogP contribution in [0.4, 0.5) is 0 Å². The lowest BCUT2D eigenvalue weighted by atomic mass is 10.0. The second-order valence-corrected chi connectivity index (χ2v) is 12.5. The highest BCUT2D eigenvalue weighted by atomic mass is 32.2. The number of pyridine rings is 1. The Labute approximate surface area is 257 Å². The number of amides is 1. The summed E-state index contributed by atoms with van der Waals surface area (Å²) in [6, 6.07) is 14.0. The van der Waals surface area contributed by atoms with Crippen LogP contribution in [0.1, 0.15) is 40.9 Å². The molecule has 2 aromatic carbocycles. The zero-order valence-electron chi connectivity index (χ0n) is 25.1. The number of ether oxygens (including phenoxy) is 3. The molecule has 0 unspecified atom stereocenters. The molecule has 1 amide bonds. The summed E-state index contributed by atoms with van der Waals surface area (Å²) in [5, 5.41) is 19.0. The van der Waals surface area contributed by atoms with Gasteiger partial charge in [0.05, 0.1) is 49.9 Å². The smallest absolute Gasteiger partial charge is 0.259 e. The molecular formula is C32H34N4O7S. The van der Waals surface area contributed by atoms with E-state index in [0.717, 1.165) is 0 Å². The Hall–Kier alpha value is -4.62. The second kappa shape index (κ2) is 13.8. The lowest BCUT2D eigenvalue weighted by Gasteiger charge is -2.37. The number of likely N-dealkylation sites (N-methyl/N-ethyl adjacent to an activating group) is 1. The molecule has 1 N–H and O–H groups in total. The van der Waals surface area contributed by atoms with Gasteiger partial charge in [0, 0.05) is 36.8 Å². The van der Waals surface area contributed by atoms with Gasteiger partial charge >= 0.3 is 0 Å². The highest BCUT2D eigenvalue weighted by Crippen LogP contribution is 2.29. The zero-order valence-corrected chi connectivity index (χ0v) is 26.0. The fraction of sp³-hybridized carbons (Fsp3) is 0.344. The van der Waals surface area contributed by atoms with E-state index in [-0.39, 0.29) is 47.9 Å². The van der Waals surface area contributed by atoms with E-state index in [1.54, 1.807) is 43.2 Å². The summed E-state index contributed by atoms with van der Waals surface area (Å²) in [4.78, 5) is 19.7. The number of methoxy groups -OCH3 is 2. The van der Waals surface area contributed by atoms with Gasteiger partial charge in [-0.25, -0.2) is 13.4 Å². The molecule has 0 fully saturated rings. The molecule has 44 heavy (non-hydrogen) atoms. The van der Waals surface area contributed by atoms with Crippen LogP contribution in [-0.2, 0) is 10.0 Å². The van der Waals surface area contributed by atoms with Crippen LogP contribution >= 0.6 is 0 Å². The third kappa shape index (κ3) is 6.95. The highest BCUT2D eigenvalue weighted by Gasteiger charge is 2.36. The van der Waals surface area contributed by atoms with E-state index in [1.165, 1.54) is 48.9 Å². The van der Waals surface area contributed by atoms with Gasteiger partial charge in [-0.1, -0.05) is 18.8 Å². The topological polar surface area (TPSA) is 142 Å². The number of fused-ring (bicyclic) bond motifs is 1. The number of aliphatic hydroxyl groups is 1. The van der Waals surface area contributed by atoms with Crippen molar-refractivity contribution in [2.24, 2.45) is 5.92 Å². The van der Waals surface area contributed by atoms with Crippen LogP contribution in [-0.4, -0.2) is 86.7 Å². The van der Waals surface area contributed by atoms with Crippen molar-refractivity contribution in [3.8, 4) is 35.3 Å². The molecule has 12 heteroatoms. The van der Waals surface area contributed by atoms with Crippen molar-refractivity contribution in [1.29, 1.82) is 5.26 Å². The molecule has 230 valence electrons. The minimum Gasteiger partial charge on any atom is -0.493 e. The summed E-state index contributed by atoms with van der Waals surface area (Å²) in [5.74, 6) is 6.49. The van der Waals surface area contributed by atoms with E-state index >= 15 is 0 Å². The molecule has 1 aliphatic heterocycles. The summed E-state index contributed by atoms with van der Waals surface area (Å²) in [7, 11) is 0.616. The number of hydrogen-bond donors (Lipinski definition) is 1. The molecule has 0 saturated heterocycles. The summed E-state index contributed by atoms with van der Waals surface area (Å²) >= 11 is 0. The van der Waals surface area contributed by atoms with Crippen molar-refractivity contribution in [2.45, 2.75) is 30.9 Å². The van der Waals surface area contributed by atoms with E-state index in [0.29, 0.717) is 28.2 Å². The second-order valence-electron chi connectivity index (χ2n) is 10.4. The van der Waals surface area contributed by atoms with Gasteiger partial charge in [-0.3, -0.25) is 4.79 Å². The predicted molar refractivity (Wildman–Crippen MR) is 162 cm³/mol. The van der Waals surface area contributed by atoms with Crippen molar-refractivity contribution in [2.75, 3.05) is 41.0 Å². The first-order chi connectivity index (χ1) is 21.0. The monoisotopic (exact) mass is 618 g/mol. The maximum atomic E-state index is 13.7. The zero-order chi connectivity index (χ0) is 32.0. The summed E-state index contributed by atoms with van der Waals surface area (Å²) in [6.07, 6.45) is 0.796. The van der Waals surface area contributed by atoms with Crippen molar-refractivity contribution in [3.63, 3.8) is 0 Å². The Kier molecular flexibility index (Phi) is 10.1. The third-order valence-corrected chi connectivity index (χ3v) is 9.22. The maximum absolute atomic E-state index is 13.7. The molecule has 3 aromatic rings. The average Bonchev–Trinajstić information content (AvgIpc) is 3.04. The Morgan fingerprint density at radius 3 is 2.39 bits per heavy atom. The Morgan fingerprint density at radius 1 is 1.09 bits per heavy atom. The molecule has 1 aromatic heterocycles. The molecule has 2 heterocycles. The van der Waals surface area contributed by atoms with E-state index in [2.05, 4.69) is 16.8 Å². The standard InChI is InChI=1S/C32H34N4O7S/c1-21-18-36(22(2)20-37)32(38)27-14-25(7-6-23-10-13-28(41-4)29(15-23)42-5)17-34-31(27)43-30(21)19-35(3)44(39,40)26-11-8-24(16-33)9-12-26/h8-15,17,21-22,30,37H,18-20H2,1-5H3/t21-,22+,30-/m0/s1. The number of carbonyl (C=O) groups is 1. The van der Waals surface area contributed by atoms with Crippen LogP contribution in [0, 0.1) is 29.1 Å². The Balaban J connectivity index is 1.67. The van der Waals surface area contributed by atoms with E-state index in [1.807, 2.05) is 13.0 Å². The van der Waals surface area contributed by atoms with Gasteiger partial charge in [0.2, 0.25) is 15.9 Å². The largest absolute Gasteiger partial charge is 0.493 e. The lowest BCUT2D eigenvalue weighted by molar-refractivity contribution is 0.0373. The predicted octanol–water partition coefficient (Wildman–Crippen LogP) is 2.91. The molecule has 0 radical (unpaired) electrons. The highest BCUT2D eigenvalue weighted by molar-refractivity contribution is 7.89. The van der Waals surface area contributed by atoms with E-state index in [9.17, 15) is 18.3 Å². The number of aliphatic hydroxyl groups excluding tert-OH is 1. The van der Waals surface area contributed by atoms with Crippen LogP contribution in [0.5, 0.6) is 17.4 Å². The number of hydrogen-bond acceptors (Lipinski definition) is 9. The molecular weight excluding hydrogens is 584 g/mol. The molecule has 0 saturated carbocycles. The van der Waals surface area contributed by atoms with E-state index in [4.69, 9.17) is 19.5 Å². The average molecular weight is 619 g/mol. The first-order valence-electron chi connectivity index (χ1n) is 13.8. The minimum atomic E-state index is -3.91. The van der Waals surface area contributed by atoms with Gasteiger partial charge in [0.15, 0.2) is 11.5 Å². The number of sulfonamides is 1. The molecule has 0 aliphatic carbocycles. The normalized spacial score (nSPS) is 17.2. The van der Waals surface area contributed by atoms with Gasteiger partial charge in [0.25, 0.3) is 5.91 Å². The van der Waals surface area contributed by atoms with Gasteiger partial charge in [-0.05, 0) is 55.5 Å². The number of carbonyl (C=O) groups excluding carboxylic acids is 1. The van der Waals surface area contributed by atoms with Crippen molar-refractivity contribution >= 4 is 15.9 Å². The van der Waals surface area contributed by atoms with Crippen LogP contribution < -0.4 is 14.2 Å². The van der Waals surface area contributed by atoms with Crippen LogP contribution in [0.2, 0.25) is 0 Å². The Morgan fingerprint density at radius 2 is 1.75 bits per heavy atom. The third-order valence-electron chi connectivity index (χ3n) is 7.38. The van der Waals surface area contributed by atoms with Crippen molar-refractivity contribution in [1.82, 2.24) is 14.2 Å². The molecule has 4 rings (SSSR count). The van der Waals surface area contributed by atoms with Crippen molar-refractivity contribution < 1.29 is 32.5 Å². The van der Waals surface area contributed by atoms with Crippen LogP contribution in [0.25, 0.3) is 0 Å². The number of aromatic nitrogens is 1. The number of nitriles is 1. The first kappa shape index (κ1) is 32.3. The summed E-state index contributed by atoms with van der Waals surface area (Å²) < 4.78 is 44.7. The molecule has 1 aliphatic rings. The lowest BCUT2D eigenvalue weighted by Crippen LogP contribution is -2.50. The van der Waals surface area contributed by atoms with Crippen molar-refractivity contribution in [3.05, 3.63) is 77.0 Å². The number of nitrogens with zero attached hydrogens (tertiary/aromatic N) is 4. The molecule has 3 atom stereocenters. The SMILES string of the molecule is COc1ccc(C#Cc2cnc3c(c2)C(=O)N([C@H](C)CO)C[C@H](C)[C@H](CN(C)S(=O)(=O)c2ccc(C#N)cc2)O3)cc1OC. The van der Waals surface area contributed by atoms with E-state index < -0.39 is 22.2 Å². The number of benzene rings is 2. The summed E-state index contributed by atoms with van der Waals surface area (Å²) in [5.41, 5.74) is 1.62.